The molecule has 1 aliphatic rings. The third-order valence-electron chi connectivity index (χ3n) is 2.63. The summed E-state index contributed by atoms with van der Waals surface area (Å²) in [6, 6.07) is 1.98. The zero-order valence-electron chi connectivity index (χ0n) is 9.06. The van der Waals surface area contributed by atoms with Crippen LogP contribution in [-0.4, -0.2) is 10.9 Å². The van der Waals surface area contributed by atoms with Crippen molar-refractivity contribution in [3.8, 4) is 6.07 Å². The summed E-state index contributed by atoms with van der Waals surface area (Å²) in [7, 11) is 0. The molecule has 0 spiro atoms. The van der Waals surface area contributed by atoms with Crippen molar-refractivity contribution in [2.75, 3.05) is 5.32 Å². The van der Waals surface area contributed by atoms with Crippen molar-refractivity contribution >= 4 is 22.4 Å². The first kappa shape index (κ1) is 11.1. The number of thiazole rings is 1. The van der Waals surface area contributed by atoms with Crippen molar-refractivity contribution in [1.29, 1.82) is 5.26 Å². The van der Waals surface area contributed by atoms with Gasteiger partial charge in [0.2, 0.25) is 5.91 Å². The van der Waals surface area contributed by atoms with E-state index in [0.29, 0.717) is 17.5 Å². The number of carbonyl (C=O) groups is 1. The number of rotatable bonds is 4. The summed E-state index contributed by atoms with van der Waals surface area (Å²) in [5.41, 5.74) is 1.07. The molecule has 0 bridgehead atoms. The number of amides is 1. The lowest BCUT2D eigenvalue weighted by molar-refractivity contribution is -0.118. The molecule has 2 rings (SSSR count). The van der Waals surface area contributed by atoms with Crippen molar-refractivity contribution in [2.24, 2.45) is 5.92 Å². The Morgan fingerprint density at radius 1 is 1.81 bits per heavy atom. The van der Waals surface area contributed by atoms with Gasteiger partial charge in [-0.15, -0.1) is 11.3 Å². The Morgan fingerprint density at radius 2 is 2.56 bits per heavy atom. The topological polar surface area (TPSA) is 65.8 Å². The molecule has 1 amide bonds. The van der Waals surface area contributed by atoms with Crippen molar-refractivity contribution in [2.45, 2.75) is 32.1 Å². The van der Waals surface area contributed by atoms with Crippen molar-refractivity contribution in [1.82, 2.24) is 4.98 Å². The van der Waals surface area contributed by atoms with E-state index < -0.39 is 5.92 Å². The molecule has 1 aromatic rings. The molecular weight excluding hydrogens is 222 g/mol. The number of carbonyl (C=O) groups excluding carboxylic acids is 1. The molecule has 0 radical (unpaired) electrons. The minimum atomic E-state index is -0.576. The number of nitrogens with one attached hydrogen (secondary N) is 1. The van der Waals surface area contributed by atoms with Crippen LogP contribution in [0.5, 0.6) is 0 Å². The second kappa shape index (κ2) is 4.62. The molecule has 0 aliphatic heterocycles. The standard InChI is InChI=1S/C11H13N3OS/c1-2-7(5-12)10(15)14-11-13-9(6-16-11)8-3-4-8/h6-8H,2-4H2,1H3,(H,13,14,15). The average Bonchev–Trinajstić information content (AvgIpc) is 3.02. The smallest absolute Gasteiger partial charge is 0.243 e. The maximum absolute atomic E-state index is 11.6. The molecule has 4 nitrogen and oxygen atoms in total. The molecule has 16 heavy (non-hydrogen) atoms. The summed E-state index contributed by atoms with van der Waals surface area (Å²) < 4.78 is 0. The Morgan fingerprint density at radius 3 is 3.12 bits per heavy atom. The quantitative estimate of drug-likeness (QED) is 0.872. The monoisotopic (exact) mass is 235 g/mol. The molecule has 5 heteroatoms. The van der Waals surface area contributed by atoms with E-state index in [1.807, 2.05) is 18.4 Å². The summed E-state index contributed by atoms with van der Waals surface area (Å²) in [4.78, 5) is 15.9. The van der Waals surface area contributed by atoms with E-state index in [1.54, 1.807) is 0 Å². The van der Waals surface area contributed by atoms with Gasteiger partial charge in [0, 0.05) is 11.3 Å². The molecule has 1 aliphatic carbocycles. The predicted molar refractivity (Wildman–Crippen MR) is 62.1 cm³/mol. The molecule has 1 heterocycles. The molecule has 1 fully saturated rings. The second-order valence-corrected chi connectivity index (χ2v) is 4.79. The number of nitrogens with zero attached hydrogens (tertiary/aromatic N) is 2. The number of anilines is 1. The minimum absolute atomic E-state index is 0.248. The van der Waals surface area contributed by atoms with Crippen LogP contribution < -0.4 is 5.32 Å². The maximum Gasteiger partial charge on any atom is 0.243 e. The molecule has 0 saturated heterocycles. The van der Waals surface area contributed by atoms with Crippen molar-refractivity contribution in [3.05, 3.63) is 11.1 Å². The summed E-state index contributed by atoms with van der Waals surface area (Å²) in [5, 5.41) is 14.0. The fraction of sp³-hybridized carbons (Fsp3) is 0.545. The average molecular weight is 235 g/mol. The van der Waals surface area contributed by atoms with Crippen LogP contribution in [0.15, 0.2) is 5.38 Å². The summed E-state index contributed by atoms with van der Waals surface area (Å²) in [6.45, 7) is 1.82. The fourth-order valence-corrected chi connectivity index (χ4v) is 2.23. The normalized spacial score (nSPS) is 16.5. The summed E-state index contributed by atoms with van der Waals surface area (Å²) in [6.07, 6.45) is 2.93. The predicted octanol–water partition coefficient (Wildman–Crippen LogP) is 2.51. The molecule has 0 aromatic carbocycles. The van der Waals surface area contributed by atoms with Crippen LogP contribution in [0.3, 0.4) is 0 Å². The minimum Gasteiger partial charge on any atom is -0.301 e. The first-order chi connectivity index (χ1) is 7.74. The van der Waals surface area contributed by atoms with Gasteiger partial charge in [0.25, 0.3) is 0 Å². The van der Waals surface area contributed by atoms with Crippen molar-refractivity contribution < 1.29 is 4.79 Å². The van der Waals surface area contributed by atoms with Gasteiger partial charge in [-0.05, 0) is 19.3 Å². The molecule has 1 aromatic heterocycles. The lowest BCUT2D eigenvalue weighted by Crippen LogP contribution is -2.20. The van der Waals surface area contributed by atoms with E-state index in [-0.39, 0.29) is 5.91 Å². The highest BCUT2D eigenvalue weighted by Gasteiger charge is 2.26. The lowest BCUT2D eigenvalue weighted by Gasteiger charge is -2.04. The largest absolute Gasteiger partial charge is 0.301 e. The van der Waals surface area contributed by atoms with Crippen molar-refractivity contribution in [3.63, 3.8) is 0 Å². The van der Waals surface area contributed by atoms with Gasteiger partial charge in [0.15, 0.2) is 5.13 Å². The SMILES string of the molecule is CCC(C#N)C(=O)Nc1nc(C2CC2)cs1. The van der Waals surface area contributed by atoms with Gasteiger partial charge in [-0.2, -0.15) is 5.26 Å². The summed E-state index contributed by atoms with van der Waals surface area (Å²) in [5.74, 6) is -0.227. The molecule has 1 atom stereocenters. The van der Waals surface area contributed by atoms with Gasteiger partial charge in [0.05, 0.1) is 11.8 Å². The highest BCUT2D eigenvalue weighted by Crippen LogP contribution is 2.40. The molecular formula is C11H13N3OS. The maximum atomic E-state index is 11.6. The molecule has 1 saturated carbocycles. The van der Waals surface area contributed by atoms with Gasteiger partial charge >= 0.3 is 0 Å². The lowest BCUT2D eigenvalue weighted by atomic mass is 10.1. The first-order valence-corrected chi connectivity index (χ1v) is 6.28. The Hall–Kier alpha value is -1.41. The zero-order chi connectivity index (χ0) is 11.5. The van der Waals surface area contributed by atoms with Crippen LogP contribution in [-0.2, 0) is 4.79 Å². The number of hydrogen-bond donors (Lipinski definition) is 1. The fourth-order valence-electron chi connectivity index (χ4n) is 1.44. The Balaban J connectivity index is 1.97. The number of aromatic nitrogens is 1. The molecule has 1 unspecified atom stereocenters. The van der Waals surface area contributed by atoms with Gasteiger partial charge in [0.1, 0.15) is 5.92 Å². The number of hydrogen-bond acceptors (Lipinski definition) is 4. The molecule has 1 N–H and O–H groups in total. The van der Waals surface area contributed by atoms with E-state index in [0.717, 1.165) is 5.69 Å². The van der Waals surface area contributed by atoms with Gasteiger partial charge in [-0.1, -0.05) is 6.92 Å². The third kappa shape index (κ3) is 2.39. The zero-order valence-corrected chi connectivity index (χ0v) is 9.88. The Bertz CT molecular complexity index is 431. The van der Waals surface area contributed by atoms with Gasteiger partial charge in [-0.25, -0.2) is 4.98 Å². The van der Waals surface area contributed by atoms with Crippen LogP contribution in [0.1, 0.15) is 37.8 Å². The van der Waals surface area contributed by atoms with Crippen LogP contribution in [0.2, 0.25) is 0 Å². The van der Waals surface area contributed by atoms with Crippen LogP contribution >= 0.6 is 11.3 Å². The van der Waals surface area contributed by atoms with E-state index in [4.69, 9.17) is 5.26 Å². The van der Waals surface area contributed by atoms with Crippen LogP contribution in [0.4, 0.5) is 5.13 Å². The highest BCUT2D eigenvalue weighted by atomic mass is 32.1. The van der Waals surface area contributed by atoms with E-state index >= 15 is 0 Å². The van der Waals surface area contributed by atoms with Crippen LogP contribution in [0.25, 0.3) is 0 Å². The van der Waals surface area contributed by atoms with E-state index in [2.05, 4.69) is 10.3 Å². The van der Waals surface area contributed by atoms with E-state index in [9.17, 15) is 4.79 Å². The summed E-state index contributed by atoms with van der Waals surface area (Å²) >= 11 is 1.43. The molecule has 84 valence electrons. The Kier molecular flexibility index (Phi) is 3.20. The Labute approximate surface area is 98.3 Å². The van der Waals surface area contributed by atoms with E-state index in [1.165, 1.54) is 24.2 Å². The highest BCUT2D eigenvalue weighted by molar-refractivity contribution is 7.13. The van der Waals surface area contributed by atoms with Crippen LogP contribution in [0, 0.1) is 17.2 Å². The van der Waals surface area contributed by atoms with Gasteiger partial charge in [-0.3, -0.25) is 4.79 Å². The number of nitriles is 1. The second-order valence-electron chi connectivity index (χ2n) is 3.93. The van der Waals surface area contributed by atoms with Gasteiger partial charge < -0.3 is 5.32 Å². The first-order valence-electron chi connectivity index (χ1n) is 5.40. The third-order valence-corrected chi connectivity index (χ3v) is 3.40.